The number of hydrogen-bond donors (Lipinski definition) is 3. The Morgan fingerprint density at radius 2 is 2.00 bits per heavy atom. The van der Waals surface area contributed by atoms with Gasteiger partial charge in [-0.1, -0.05) is 18.2 Å². The molecule has 0 saturated carbocycles. The normalized spacial score (nSPS) is 12.2. The van der Waals surface area contributed by atoms with Crippen molar-refractivity contribution in [1.82, 2.24) is 4.98 Å². The standard InChI is InChI=1S/C18H16N2O5/c1-9-6-14(21)16(23)17(25-9)11(8-15(19)22)12-7-10-4-2-3-5-13(10)20-18(12)24/h2-7,11,23H,8H2,1H3,(H2,19,22)(H,20,24)/t11-/m0/s1. The van der Waals surface area contributed by atoms with Crippen molar-refractivity contribution >= 4 is 16.8 Å². The van der Waals surface area contributed by atoms with Crippen molar-refractivity contribution in [2.24, 2.45) is 5.73 Å². The van der Waals surface area contributed by atoms with Crippen molar-refractivity contribution in [2.45, 2.75) is 19.3 Å². The fourth-order valence-corrected chi connectivity index (χ4v) is 2.83. The van der Waals surface area contributed by atoms with E-state index in [1.807, 2.05) is 0 Å². The number of fused-ring (bicyclic) bond motifs is 1. The summed E-state index contributed by atoms with van der Waals surface area (Å²) in [6, 6.07) is 9.85. The smallest absolute Gasteiger partial charge is 0.252 e. The number of carbonyl (C=O) groups excluding carboxylic acids is 1. The molecule has 0 radical (unpaired) electrons. The Hall–Kier alpha value is -3.35. The highest BCUT2D eigenvalue weighted by Gasteiger charge is 2.27. The van der Waals surface area contributed by atoms with E-state index < -0.39 is 28.6 Å². The first kappa shape index (κ1) is 16.5. The van der Waals surface area contributed by atoms with Gasteiger partial charge in [0.15, 0.2) is 5.76 Å². The van der Waals surface area contributed by atoms with Gasteiger partial charge in [-0.3, -0.25) is 14.4 Å². The Labute approximate surface area is 141 Å². The summed E-state index contributed by atoms with van der Waals surface area (Å²) in [5, 5.41) is 10.8. The van der Waals surface area contributed by atoms with Gasteiger partial charge in [-0.15, -0.1) is 0 Å². The van der Waals surface area contributed by atoms with Crippen LogP contribution in [-0.4, -0.2) is 16.0 Å². The van der Waals surface area contributed by atoms with Crippen molar-refractivity contribution in [1.29, 1.82) is 0 Å². The number of nitrogens with two attached hydrogens (primary N) is 1. The number of H-pyrrole nitrogens is 1. The summed E-state index contributed by atoms with van der Waals surface area (Å²) in [6.45, 7) is 1.54. The molecule has 0 aliphatic heterocycles. The van der Waals surface area contributed by atoms with Crippen LogP contribution in [0.1, 0.15) is 29.4 Å². The molecular formula is C18H16N2O5. The monoisotopic (exact) mass is 340 g/mol. The van der Waals surface area contributed by atoms with E-state index >= 15 is 0 Å². The SMILES string of the molecule is Cc1cc(=O)c(O)c([C@@H](CC(N)=O)c2cc3ccccc3[nH]c2=O)o1. The minimum absolute atomic E-state index is 0.149. The first-order valence-electron chi connectivity index (χ1n) is 7.60. The van der Waals surface area contributed by atoms with E-state index in [0.29, 0.717) is 5.52 Å². The Morgan fingerprint density at radius 3 is 2.72 bits per heavy atom. The number of amides is 1. The van der Waals surface area contributed by atoms with Gasteiger partial charge in [-0.2, -0.15) is 0 Å². The fourth-order valence-electron chi connectivity index (χ4n) is 2.83. The second kappa shape index (κ2) is 6.27. The van der Waals surface area contributed by atoms with Gasteiger partial charge < -0.3 is 20.2 Å². The molecule has 0 unspecified atom stereocenters. The molecule has 25 heavy (non-hydrogen) atoms. The lowest BCUT2D eigenvalue weighted by molar-refractivity contribution is -0.118. The third-order valence-electron chi connectivity index (χ3n) is 3.95. The fraction of sp³-hybridized carbons (Fsp3) is 0.167. The highest BCUT2D eigenvalue weighted by Crippen LogP contribution is 2.32. The van der Waals surface area contributed by atoms with Crippen LogP contribution in [0, 0.1) is 6.92 Å². The molecule has 0 aliphatic carbocycles. The zero-order chi connectivity index (χ0) is 18.1. The number of pyridine rings is 1. The van der Waals surface area contributed by atoms with Crippen LogP contribution < -0.4 is 16.7 Å². The number of aromatic amines is 1. The largest absolute Gasteiger partial charge is 0.502 e. The number of primary amides is 1. The topological polar surface area (TPSA) is 126 Å². The summed E-state index contributed by atoms with van der Waals surface area (Å²) in [6.07, 6.45) is -0.290. The van der Waals surface area contributed by atoms with Crippen LogP contribution in [0.5, 0.6) is 5.75 Å². The van der Waals surface area contributed by atoms with Gasteiger partial charge in [-0.25, -0.2) is 0 Å². The van der Waals surface area contributed by atoms with Crippen LogP contribution in [0.15, 0.2) is 50.4 Å². The average molecular weight is 340 g/mol. The van der Waals surface area contributed by atoms with Gasteiger partial charge in [0.25, 0.3) is 5.56 Å². The summed E-state index contributed by atoms with van der Waals surface area (Å²) in [7, 11) is 0. The Bertz CT molecular complexity index is 1080. The van der Waals surface area contributed by atoms with Gasteiger partial charge >= 0.3 is 0 Å². The maximum atomic E-state index is 12.5. The van der Waals surface area contributed by atoms with E-state index in [1.54, 1.807) is 30.3 Å². The van der Waals surface area contributed by atoms with Gasteiger partial charge in [0.2, 0.25) is 17.1 Å². The average Bonchev–Trinajstić information content (AvgIpc) is 2.55. The quantitative estimate of drug-likeness (QED) is 0.663. The Morgan fingerprint density at radius 1 is 1.28 bits per heavy atom. The van der Waals surface area contributed by atoms with Crippen molar-refractivity contribution in [2.75, 3.05) is 0 Å². The third kappa shape index (κ3) is 3.16. The van der Waals surface area contributed by atoms with E-state index in [4.69, 9.17) is 10.2 Å². The number of hydrogen-bond acceptors (Lipinski definition) is 5. The predicted molar refractivity (Wildman–Crippen MR) is 91.6 cm³/mol. The summed E-state index contributed by atoms with van der Waals surface area (Å²) in [5.74, 6) is -2.20. The molecule has 7 heteroatoms. The van der Waals surface area contributed by atoms with Crippen LogP contribution in [0.2, 0.25) is 0 Å². The third-order valence-corrected chi connectivity index (χ3v) is 3.95. The van der Waals surface area contributed by atoms with E-state index in [2.05, 4.69) is 4.98 Å². The van der Waals surface area contributed by atoms with Crippen molar-refractivity contribution in [3.8, 4) is 5.75 Å². The van der Waals surface area contributed by atoms with Crippen LogP contribution in [0.3, 0.4) is 0 Å². The zero-order valence-electron chi connectivity index (χ0n) is 13.4. The summed E-state index contributed by atoms with van der Waals surface area (Å²) < 4.78 is 5.46. The van der Waals surface area contributed by atoms with E-state index in [9.17, 15) is 19.5 Å². The predicted octanol–water partition coefficient (Wildman–Crippen LogP) is 1.50. The lowest BCUT2D eigenvalue weighted by atomic mass is 9.92. The van der Waals surface area contributed by atoms with Crippen molar-refractivity contribution < 1.29 is 14.3 Å². The molecule has 0 saturated heterocycles. The molecule has 2 aromatic heterocycles. The molecule has 1 aromatic carbocycles. The maximum Gasteiger partial charge on any atom is 0.252 e. The van der Waals surface area contributed by atoms with Crippen LogP contribution in [0.4, 0.5) is 0 Å². The number of benzene rings is 1. The Balaban J connectivity index is 2.28. The number of para-hydroxylation sites is 1. The number of rotatable bonds is 4. The van der Waals surface area contributed by atoms with Crippen LogP contribution in [-0.2, 0) is 4.79 Å². The molecule has 2 heterocycles. The lowest BCUT2D eigenvalue weighted by Gasteiger charge is -2.16. The Kier molecular flexibility index (Phi) is 4.14. The number of carbonyl (C=O) groups is 1. The number of aryl methyl sites for hydroxylation is 1. The molecule has 7 nitrogen and oxygen atoms in total. The molecule has 4 N–H and O–H groups in total. The zero-order valence-corrected chi connectivity index (χ0v) is 13.4. The van der Waals surface area contributed by atoms with Gasteiger partial charge in [0, 0.05) is 23.6 Å². The van der Waals surface area contributed by atoms with Crippen LogP contribution in [0.25, 0.3) is 10.9 Å². The number of nitrogens with one attached hydrogen (secondary N) is 1. The van der Waals surface area contributed by atoms with E-state index in [1.165, 1.54) is 6.92 Å². The number of aromatic hydroxyl groups is 1. The van der Waals surface area contributed by atoms with E-state index in [0.717, 1.165) is 11.5 Å². The lowest BCUT2D eigenvalue weighted by Crippen LogP contribution is -2.23. The first-order chi connectivity index (χ1) is 11.9. The molecular weight excluding hydrogens is 324 g/mol. The molecule has 3 aromatic rings. The maximum absolute atomic E-state index is 12.5. The molecule has 0 aliphatic rings. The molecule has 3 rings (SSSR count). The first-order valence-corrected chi connectivity index (χ1v) is 7.60. The second-order valence-corrected chi connectivity index (χ2v) is 5.80. The second-order valence-electron chi connectivity index (χ2n) is 5.80. The molecule has 1 amide bonds. The summed E-state index contributed by atoms with van der Waals surface area (Å²) in [5.41, 5.74) is 5.02. The van der Waals surface area contributed by atoms with E-state index in [-0.39, 0.29) is 23.5 Å². The number of aromatic nitrogens is 1. The van der Waals surface area contributed by atoms with Crippen molar-refractivity contribution in [3.63, 3.8) is 0 Å². The van der Waals surface area contributed by atoms with Gasteiger partial charge in [0.1, 0.15) is 5.76 Å². The van der Waals surface area contributed by atoms with Gasteiger partial charge in [0.05, 0.1) is 5.92 Å². The molecule has 0 spiro atoms. The minimum Gasteiger partial charge on any atom is -0.502 e. The minimum atomic E-state index is -0.974. The molecule has 0 fully saturated rings. The molecule has 0 bridgehead atoms. The highest BCUT2D eigenvalue weighted by molar-refractivity contribution is 5.80. The molecule has 128 valence electrons. The van der Waals surface area contributed by atoms with Crippen molar-refractivity contribution in [3.05, 3.63) is 74.1 Å². The van der Waals surface area contributed by atoms with Crippen LogP contribution >= 0.6 is 0 Å². The molecule has 1 atom stereocenters. The highest BCUT2D eigenvalue weighted by atomic mass is 16.4. The van der Waals surface area contributed by atoms with Gasteiger partial charge in [-0.05, 0) is 24.4 Å². The summed E-state index contributed by atoms with van der Waals surface area (Å²) in [4.78, 5) is 38.6. The summed E-state index contributed by atoms with van der Waals surface area (Å²) >= 11 is 0.